The standard InChI is InChI=1S/C66H68O12S8/c1-9-49(69-33-55(75-31-53-29-73-53)37-83-59-19-25-79-41-59)10-2-45(1)65(46-3-11-50(12-4-46)70-34-56(76-32-54-30-74-54)38-84-60-20-26-80-42-60)66(47-5-13-51(14-6-47)71-35-57(77-63-17-23-67-63)39-85-61-21-27-81-43-61)48-7-15-52(16-8-48)72-36-58(78-64-18-24-68-64)40-86-62-22-28-82-44-62/h1-16,19-22,25-28,41-44,53-58,63-64H,17-18,23-24,29-40H2. The maximum atomic E-state index is 6.54. The fraction of sp³-hybridized carbons (Fsp3) is 0.364. The summed E-state index contributed by atoms with van der Waals surface area (Å²) in [6.07, 6.45) is 1.09. The normalized spacial score (nSPS) is 19.1. The summed E-state index contributed by atoms with van der Waals surface area (Å²) in [5.41, 5.74) is 6.01. The molecule has 8 unspecified atom stereocenters. The summed E-state index contributed by atoms with van der Waals surface area (Å²) in [4.78, 5) is 4.90. The minimum absolute atomic E-state index is 0.125. The van der Waals surface area contributed by atoms with E-state index in [0.29, 0.717) is 52.9 Å². The molecular weight excluding hydrogens is 1240 g/mol. The molecule has 86 heavy (non-hydrogen) atoms. The smallest absolute Gasteiger partial charge is 0.160 e. The van der Waals surface area contributed by atoms with Gasteiger partial charge in [-0.05, 0) is 128 Å². The zero-order valence-electron chi connectivity index (χ0n) is 47.3. The van der Waals surface area contributed by atoms with E-state index >= 15 is 0 Å². The molecule has 8 aromatic rings. The molecule has 0 N–H and O–H groups in total. The van der Waals surface area contributed by atoms with Crippen LogP contribution in [0.15, 0.2) is 184 Å². The molecule has 4 fully saturated rings. The van der Waals surface area contributed by atoms with Crippen LogP contribution in [0.25, 0.3) is 11.1 Å². The fourth-order valence-corrected chi connectivity index (χ4v) is 16.1. The second-order valence-corrected chi connectivity index (χ2v) is 28.2. The van der Waals surface area contributed by atoms with Crippen molar-refractivity contribution in [3.63, 3.8) is 0 Å². The quantitative estimate of drug-likeness (QED) is 0.0207. The molecule has 8 heterocycles. The molecule has 0 radical (unpaired) electrons. The minimum atomic E-state index is -0.205. The van der Waals surface area contributed by atoms with Crippen molar-refractivity contribution in [3.05, 3.63) is 187 Å². The van der Waals surface area contributed by atoms with E-state index in [1.54, 1.807) is 92.4 Å². The summed E-state index contributed by atoms with van der Waals surface area (Å²) < 4.78 is 74.0. The highest BCUT2D eigenvalue weighted by atomic mass is 32.2. The maximum Gasteiger partial charge on any atom is 0.160 e. The van der Waals surface area contributed by atoms with Crippen LogP contribution in [0.4, 0.5) is 0 Å². The second-order valence-electron chi connectivity index (χ2n) is 20.7. The lowest BCUT2D eigenvalue weighted by Crippen LogP contribution is -2.37. The molecule has 0 amide bonds. The van der Waals surface area contributed by atoms with E-state index in [1.165, 1.54) is 19.6 Å². The van der Waals surface area contributed by atoms with Crippen molar-refractivity contribution < 1.29 is 56.8 Å². The Bertz CT molecular complexity index is 3010. The van der Waals surface area contributed by atoms with Crippen molar-refractivity contribution >= 4 is 104 Å². The summed E-state index contributed by atoms with van der Waals surface area (Å²) in [6.45, 7) is 5.57. The van der Waals surface area contributed by atoms with Crippen LogP contribution in [0.5, 0.6) is 23.0 Å². The molecule has 8 atom stereocenters. The van der Waals surface area contributed by atoms with E-state index in [9.17, 15) is 0 Å². The van der Waals surface area contributed by atoms with E-state index in [-0.39, 0.29) is 49.2 Å². The van der Waals surface area contributed by atoms with E-state index in [0.717, 1.165) is 105 Å². The van der Waals surface area contributed by atoms with Gasteiger partial charge in [0.1, 0.15) is 86.0 Å². The average molecular weight is 1310 g/mol. The number of thioether (sulfide) groups is 4. The van der Waals surface area contributed by atoms with Gasteiger partial charge in [0.15, 0.2) is 12.6 Å². The third-order valence-corrected chi connectivity index (χ3v) is 22.0. The van der Waals surface area contributed by atoms with Gasteiger partial charge in [0.2, 0.25) is 0 Å². The first-order chi connectivity index (χ1) is 42.5. The van der Waals surface area contributed by atoms with Crippen LogP contribution in [0.1, 0.15) is 35.1 Å². The number of hydrogen-bond donors (Lipinski definition) is 0. The van der Waals surface area contributed by atoms with Crippen molar-refractivity contribution in [2.24, 2.45) is 0 Å². The lowest BCUT2D eigenvalue weighted by molar-refractivity contribution is -0.235. The lowest BCUT2D eigenvalue weighted by Gasteiger charge is -2.30. The summed E-state index contributed by atoms with van der Waals surface area (Å²) in [6, 6.07) is 42.2. The van der Waals surface area contributed by atoms with Gasteiger partial charge in [-0.2, -0.15) is 45.3 Å². The average Bonchev–Trinajstić information content (AvgIpc) is 2.34. The zero-order valence-corrected chi connectivity index (χ0v) is 53.8. The van der Waals surface area contributed by atoms with E-state index in [4.69, 9.17) is 56.8 Å². The van der Waals surface area contributed by atoms with E-state index in [2.05, 4.69) is 164 Å². The minimum Gasteiger partial charge on any atom is -0.491 e. The molecule has 4 saturated heterocycles. The Hall–Kier alpha value is -4.30. The van der Waals surface area contributed by atoms with Crippen LogP contribution in [-0.4, -0.2) is 138 Å². The highest BCUT2D eigenvalue weighted by molar-refractivity contribution is 8.00. The first-order valence-corrected chi connectivity index (χ1v) is 36.5. The number of benzene rings is 4. The zero-order chi connectivity index (χ0) is 58.0. The predicted molar refractivity (Wildman–Crippen MR) is 350 cm³/mol. The molecule has 452 valence electrons. The Morgan fingerprint density at radius 2 is 0.663 bits per heavy atom. The van der Waals surface area contributed by atoms with Crippen molar-refractivity contribution in [1.29, 1.82) is 0 Å². The largest absolute Gasteiger partial charge is 0.491 e. The van der Waals surface area contributed by atoms with Crippen molar-refractivity contribution in [2.45, 2.75) is 81.6 Å². The molecule has 12 nitrogen and oxygen atoms in total. The second kappa shape index (κ2) is 32.4. The number of thiophene rings is 4. The molecule has 0 bridgehead atoms. The van der Waals surface area contributed by atoms with Crippen molar-refractivity contribution in [3.8, 4) is 23.0 Å². The number of epoxide rings is 2. The third-order valence-electron chi connectivity index (χ3n) is 14.1. The number of rotatable bonds is 38. The Labute approximate surface area is 536 Å². The monoisotopic (exact) mass is 1310 g/mol. The van der Waals surface area contributed by atoms with Crippen molar-refractivity contribution in [1.82, 2.24) is 0 Å². The van der Waals surface area contributed by atoms with Gasteiger partial charge in [0.05, 0.1) is 39.6 Å². The van der Waals surface area contributed by atoms with Crippen molar-refractivity contribution in [2.75, 3.05) is 89.1 Å². The summed E-state index contributed by atoms with van der Waals surface area (Å²) in [7, 11) is 0. The van der Waals surface area contributed by atoms with E-state index in [1.807, 2.05) is 0 Å². The van der Waals surface area contributed by atoms with Gasteiger partial charge >= 0.3 is 0 Å². The third kappa shape index (κ3) is 19.4. The molecule has 12 rings (SSSR count). The molecule has 4 aliphatic heterocycles. The van der Waals surface area contributed by atoms with Gasteiger partial charge in [-0.1, -0.05) is 48.5 Å². The Balaban J connectivity index is 0.841. The first kappa shape index (κ1) is 61.9. The molecule has 4 aromatic carbocycles. The van der Waals surface area contributed by atoms with Crippen LogP contribution < -0.4 is 18.9 Å². The van der Waals surface area contributed by atoms with Gasteiger partial charge < -0.3 is 56.8 Å². The number of hydrogen-bond acceptors (Lipinski definition) is 20. The molecule has 0 aliphatic carbocycles. The van der Waals surface area contributed by atoms with Crippen LogP contribution in [0, 0.1) is 0 Å². The maximum absolute atomic E-state index is 6.54. The Kier molecular flexibility index (Phi) is 23.4. The van der Waals surface area contributed by atoms with Gasteiger partial charge in [0.25, 0.3) is 0 Å². The molecule has 4 aromatic heterocycles. The topological polar surface area (TPSA) is 117 Å². The molecule has 4 aliphatic rings. The summed E-state index contributed by atoms with van der Waals surface area (Å²) in [5.74, 6) is 6.00. The summed E-state index contributed by atoms with van der Waals surface area (Å²) >= 11 is 13.9. The molecule has 0 spiro atoms. The van der Waals surface area contributed by atoms with Gasteiger partial charge in [-0.3, -0.25) is 0 Å². The lowest BCUT2D eigenvalue weighted by atomic mass is 9.85. The SMILES string of the molecule is c1cc(SCC(COc2ccc(C(=C(c3ccc(OCC(CSc4ccsc4)OC4CCO4)cc3)c3ccc(OCC(CSc4ccsc4)OC4CCO4)cc3)c3ccc(OCC(CSc4ccsc4)OCC4CO4)cc3)cc2)OCC2CO2)cs1. The highest BCUT2D eigenvalue weighted by Crippen LogP contribution is 2.40. The Morgan fingerprint density at radius 1 is 0.384 bits per heavy atom. The predicted octanol–water partition coefficient (Wildman–Crippen LogP) is 15.5. The fourth-order valence-electron chi connectivity index (χ4n) is 9.06. The van der Waals surface area contributed by atoms with Crippen LogP contribution in [0.2, 0.25) is 0 Å². The molecule has 20 heteroatoms. The highest BCUT2D eigenvalue weighted by Gasteiger charge is 2.29. The van der Waals surface area contributed by atoms with Gasteiger partial charge in [-0.25, -0.2) is 0 Å². The van der Waals surface area contributed by atoms with Gasteiger partial charge in [-0.15, -0.1) is 47.0 Å². The molecule has 0 saturated carbocycles. The Morgan fingerprint density at radius 3 is 0.907 bits per heavy atom. The van der Waals surface area contributed by atoms with Crippen LogP contribution in [-0.2, 0) is 37.9 Å². The molecular formula is C66H68O12S8. The van der Waals surface area contributed by atoms with Crippen LogP contribution >= 0.6 is 92.4 Å². The summed E-state index contributed by atoms with van der Waals surface area (Å²) in [5, 5.41) is 17.1. The first-order valence-electron chi connectivity index (χ1n) is 28.8. The number of ether oxygens (including phenoxy) is 12. The van der Waals surface area contributed by atoms with Gasteiger partial charge in [0, 0.05) is 77.0 Å². The van der Waals surface area contributed by atoms with E-state index < -0.39 is 0 Å². The van der Waals surface area contributed by atoms with Crippen LogP contribution in [0.3, 0.4) is 0 Å².